The number of hydrogen-bond acceptors (Lipinski definition) is 6. The SMILES string of the molecule is N#Cc1ccccc1Cc1nc(N2CCC[C@@H](N)C2)[nH]c(=O)c1C#CCO. The largest absolute Gasteiger partial charge is 0.384 e. The molecule has 1 aromatic carbocycles. The molecule has 0 bridgehead atoms. The number of benzene rings is 1. The van der Waals surface area contributed by atoms with Crippen LogP contribution in [0.4, 0.5) is 5.95 Å². The van der Waals surface area contributed by atoms with Crippen molar-refractivity contribution in [3.8, 4) is 17.9 Å². The van der Waals surface area contributed by atoms with Crippen LogP contribution in [0.1, 0.15) is 35.2 Å². The topological polar surface area (TPSA) is 119 Å². The number of nitrogens with zero attached hydrogens (tertiary/aromatic N) is 3. The number of aliphatic hydroxyl groups excluding tert-OH is 1. The molecule has 0 radical (unpaired) electrons. The van der Waals surface area contributed by atoms with E-state index in [0.29, 0.717) is 30.2 Å². The zero-order chi connectivity index (χ0) is 19.2. The van der Waals surface area contributed by atoms with E-state index in [1.54, 1.807) is 12.1 Å². The summed E-state index contributed by atoms with van der Waals surface area (Å²) in [6.45, 7) is 1.04. The summed E-state index contributed by atoms with van der Waals surface area (Å²) in [6, 6.07) is 9.40. The Morgan fingerprint density at radius 1 is 1.41 bits per heavy atom. The Balaban J connectivity index is 2.05. The summed E-state index contributed by atoms with van der Waals surface area (Å²) in [7, 11) is 0. The molecule has 0 aliphatic carbocycles. The van der Waals surface area contributed by atoms with Gasteiger partial charge in [-0.1, -0.05) is 30.0 Å². The molecule has 4 N–H and O–H groups in total. The number of nitrogens with one attached hydrogen (secondary N) is 1. The van der Waals surface area contributed by atoms with Gasteiger partial charge in [-0.25, -0.2) is 4.98 Å². The number of aliphatic hydroxyl groups is 1. The number of aromatic nitrogens is 2. The second-order valence-electron chi connectivity index (χ2n) is 6.47. The molecule has 1 atom stereocenters. The van der Waals surface area contributed by atoms with Gasteiger partial charge in [-0.3, -0.25) is 9.78 Å². The number of rotatable bonds is 3. The number of hydrogen-bond donors (Lipinski definition) is 3. The van der Waals surface area contributed by atoms with Crippen LogP contribution in [-0.2, 0) is 6.42 Å². The van der Waals surface area contributed by atoms with E-state index < -0.39 is 0 Å². The smallest absolute Gasteiger partial charge is 0.268 e. The third-order valence-corrected chi connectivity index (χ3v) is 4.53. The second kappa shape index (κ2) is 8.50. The molecule has 1 aliphatic heterocycles. The van der Waals surface area contributed by atoms with Crippen LogP contribution in [0.3, 0.4) is 0 Å². The first-order chi connectivity index (χ1) is 13.1. The minimum atomic E-state index is -0.357. The van der Waals surface area contributed by atoms with E-state index >= 15 is 0 Å². The summed E-state index contributed by atoms with van der Waals surface area (Å²) in [5.41, 5.74) is 7.68. The maximum absolute atomic E-state index is 12.6. The second-order valence-corrected chi connectivity index (χ2v) is 6.47. The van der Waals surface area contributed by atoms with Crippen LogP contribution in [0.25, 0.3) is 0 Å². The van der Waals surface area contributed by atoms with Crippen LogP contribution in [0.5, 0.6) is 0 Å². The Morgan fingerprint density at radius 2 is 2.22 bits per heavy atom. The molecular weight excluding hydrogens is 342 g/mol. The average Bonchev–Trinajstić information content (AvgIpc) is 2.67. The molecule has 27 heavy (non-hydrogen) atoms. The minimum Gasteiger partial charge on any atom is -0.384 e. The predicted molar refractivity (Wildman–Crippen MR) is 102 cm³/mol. The van der Waals surface area contributed by atoms with E-state index in [-0.39, 0.29) is 23.8 Å². The van der Waals surface area contributed by atoms with Crippen LogP contribution < -0.4 is 16.2 Å². The maximum Gasteiger partial charge on any atom is 0.268 e. The molecule has 1 saturated heterocycles. The molecule has 138 valence electrons. The lowest BCUT2D eigenvalue weighted by molar-refractivity contribution is 0.350. The molecule has 2 heterocycles. The molecule has 0 saturated carbocycles. The Labute approximate surface area is 157 Å². The molecule has 0 unspecified atom stereocenters. The highest BCUT2D eigenvalue weighted by Crippen LogP contribution is 2.18. The first-order valence-corrected chi connectivity index (χ1v) is 8.84. The van der Waals surface area contributed by atoms with Gasteiger partial charge in [0.1, 0.15) is 12.2 Å². The lowest BCUT2D eigenvalue weighted by atomic mass is 10.0. The molecule has 2 aromatic rings. The molecule has 1 fully saturated rings. The van der Waals surface area contributed by atoms with Gasteiger partial charge in [-0.05, 0) is 24.5 Å². The number of H-pyrrole nitrogens is 1. The van der Waals surface area contributed by atoms with E-state index in [4.69, 9.17) is 10.8 Å². The van der Waals surface area contributed by atoms with Crippen molar-refractivity contribution in [1.29, 1.82) is 5.26 Å². The van der Waals surface area contributed by atoms with Gasteiger partial charge in [-0.15, -0.1) is 0 Å². The first kappa shape index (κ1) is 18.7. The van der Waals surface area contributed by atoms with Crippen molar-refractivity contribution in [2.75, 3.05) is 24.6 Å². The molecule has 0 amide bonds. The highest BCUT2D eigenvalue weighted by molar-refractivity contribution is 5.46. The summed E-state index contributed by atoms with van der Waals surface area (Å²) in [4.78, 5) is 22.0. The number of anilines is 1. The Hall–Kier alpha value is -3.13. The average molecular weight is 363 g/mol. The normalized spacial score (nSPS) is 16.3. The van der Waals surface area contributed by atoms with Crippen LogP contribution in [0.15, 0.2) is 29.1 Å². The van der Waals surface area contributed by atoms with Crippen molar-refractivity contribution in [1.82, 2.24) is 9.97 Å². The van der Waals surface area contributed by atoms with Crippen molar-refractivity contribution >= 4 is 5.95 Å². The molecule has 3 rings (SSSR count). The number of piperidine rings is 1. The highest BCUT2D eigenvalue weighted by atomic mass is 16.2. The van der Waals surface area contributed by atoms with Crippen LogP contribution in [-0.4, -0.2) is 40.8 Å². The fourth-order valence-electron chi connectivity index (χ4n) is 3.21. The fraction of sp³-hybridized carbons (Fsp3) is 0.350. The molecule has 1 aliphatic rings. The number of aromatic amines is 1. The zero-order valence-electron chi connectivity index (χ0n) is 14.9. The van der Waals surface area contributed by atoms with Crippen molar-refractivity contribution in [2.45, 2.75) is 25.3 Å². The van der Waals surface area contributed by atoms with Crippen LogP contribution in [0, 0.1) is 23.2 Å². The number of nitriles is 1. The monoisotopic (exact) mass is 363 g/mol. The van der Waals surface area contributed by atoms with Gasteiger partial charge >= 0.3 is 0 Å². The minimum absolute atomic E-state index is 0.0423. The Bertz CT molecular complexity index is 980. The molecule has 7 nitrogen and oxygen atoms in total. The van der Waals surface area contributed by atoms with Gasteiger partial charge in [0.05, 0.1) is 17.3 Å². The van der Waals surface area contributed by atoms with E-state index in [2.05, 4.69) is 27.9 Å². The highest BCUT2D eigenvalue weighted by Gasteiger charge is 2.21. The predicted octanol–water partition coefficient (Wildman–Crippen LogP) is 0.504. The molecule has 0 spiro atoms. The fourth-order valence-corrected chi connectivity index (χ4v) is 3.21. The van der Waals surface area contributed by atoms with Gasteiger partial charge in [0, 0.05) is 25.6 Å². The maximum atomic E-state index is 12.6. The standard InChI is InChI=1S/C20H21N5O2/c21-12-15-6-2-1-5-14(15)11-18-17(8-4-10-26)19(27)24-20(23-18)25-9-3-7-16(22)13-25/h1-2,5-6,16,26H,3,7,9-11,13,22H2,(H,23,24,27)/t16-/m1/s1. The quantitative estimate of drug-likeness (QED) is 0.684. The van der Waals surface area contributed by atoms with Crippen LogP contribution in [0.2, 0.25) is 0 Å². The molecule has 1 aromatic heterocycles. The van der Waals surface area contributed by atoms with Crippen LogP contribution >= 0.6 is 0 Å². The summed E-state index contributed by atoms with van der Waals surface area (Å²) >= 11 is 0. The molecular formula is C20H21N5O2. The van der Waals surface area contributed by atoms with Crippen molar-refractivity contribution in [2.24, 2.45) is 5.73 Å². The Kier molecular flexibility index (Phi) is 5.87. The van der Waals surface area contributed by atoms with Gasteiger partial charge in [0.25, 0.3) is 5.56 Å². The van der Waals surface area contributed by atoms with Crippen molar-refractivity contribution in [3.05, 3.63) is 57.0 Å². The van der Waals surface area contributed by atoms with Gasteiger partial charge in [0.15, 0.2) is 0 Å². The van der Waals surface area contributed by atoms with E-state index in [9.17, 15) is 10.1 Å². The summed E-state index contributed by atoms with van der Waals surface area (Å²) in [5, 5.41) is 18.3. The van der Waals surface area contributed by atoms with Crippen molar-refractivity contribution < 1.29 is 5.11 Å². The lowest BCUT2D eigenvalue weighted by Gasteiger charge is -2.31. The first-order valence-electron chi connectivity index (χ1n) is 8.84. The third-order valence-electron chi connectivity index (χ3n) is 4.53. The summed E-state index contributed by atoms with van der Waals surface area (Å²) in [5.74, 6) is 5.68. The van der Waals surface area contributed by atoms with E-state index in [0.717, 1.165) is 24.9 Å². The number of nitrogens with two attached hydrogens (primary N) is 1. The third kappa shape index (κ3) is 4.35. The van der Waals surface area contributed by atoms with Gasteiger partial charge in [0.2, 0.25) is 5.95 Å². The lowest BCUT2D eigenvalue weighted by Crippen LogP contribution is -2.44. The summed E-state index contributed by atoms with van der Waals surface area (Å²) in [6.07, 6.45) is 2.18. The van der Waals surface area contributed by atoms with E-state index in [1.807, 2.05) is 17.0 Å². The van der Waals surface area contributed by atoms with Gasteiger partial charge < -0.3 is 15.7 Å². The van der Waals surface area contributed by atoms with Gasteiger partial charge in [-0.2, -0.15) is 5.26 Å². The summed E-state index contributed by atoms with van der Waals surface area (Å²) < 4.78 is 0. The van der Waals surface area contributed by atoms with E-state index in [1.165, 1.54) is 0 Å². The zero-order valence-corrected chi connectivity index (χ0v) is 14.9. The Morgan fingerprint density at radius 3 is 2.96 bits per heavy atom. The van der Waals surface area contributed by atoms with Crippen molar-refractivity contribution in [3.63, 3.8) is 0 Å². The molecule has 7 heteroatoms.